The average molecular weight is 604 g/mol. The second-order valence-corrected chi connectivity index (χ2v) is 10.6. The molecular formula is C31H28Cl2N6O3. The average Bonchev–Trinajstić information content (AvgIpc) is 3.67. The zero-order valence-electron chi connectivity index (χ0n) is 22.8. The Bertz CT molecular complexity index is 1620. The summed E-state index contributed by atoms with van der Waals surface area (Å²) in [4.78, 5) is 29.6. The first kappa shape index (κ1) is 29.2. The number of ether oxygens (including phenoxy) is 1. The Hall–Kier alpha value is -4.34. The summed E-state index contributed by atoms with van der Waals surface area (Å²) in [6, 6.07) is 22.6. The molecule has 0 unspecified atom stereocenters. The Balaban J connectivity index is 1.29. The maximum Gasteiger partial charge on any atom is 0.309 e. The summed E-state index contributed by atoms with van der Waals surface area (Å²) in [5.74, 6) is -0.425. The molecule has 214 valence electrons. The van der Waals surface area contributed by atoms with Gasteiger partial charge >= 0.3 is 5.97 Å². The zero-order valence-corrected chi connectivity index (χ0v) is 24.3. The molecule has 2 heterocycles. The first-order chi connectivity index (χ1) is 20.4. The molecule has 0 radical (unpaired) electrons. The van der Waals surface area contributed by atoms with Gasteiger partial charge in [0.15, 0.2) is 0 Å². The van der Waals surface area contributed by atoms with Crippen LogP contribution in [0.3, 0.4) is 0 Å². The van der Waals surface area contributed by atoms with E-state index >= 15 is 0 Å². The summed E-state index contributed by atoms with van der Waals surface area (Å²) >= 11 is 12.9. The molecule has 1 amide bonds. The Morgan fingerprint density at radius 2 is 1.81 bits per heavy atom. The van der Waals surface area contributed by atoms with Crippen molar-refractivity contribution in [3.8, 4) is 5.69 Å². The molecule has 0 bridgehead atoms. The summed E-state index contributed by atoms with van der Waals surface area (Å²) in [5.41, 5.74) is 6.09. The quantitative estimate of drug-likeness (QED) is 0.188. The van der Waals surface area contributed by atoms with Gasteiger partial charge in [-0.05, 0) is 63.7 Å². The van der Waals surface area contributed by atoms with Crippen LogP contribution in [0.25, 0.3) is 11.3 Å². The minimum atomic E-state index is -0.358. The summed E-state index contributed by atoms with van der Waals surface area (Å²) in [6.45, 7) is 0. The van der Waals surface area contributed by atoms with Crippen molar-refractivity contribution in [1.29, 1.82) is 0 Å². The SMILES string of the molecule is COC(=O)Cc1ccc(C2=C(Cl)N=C([C@H](Cc3ccccc3)NC(=O)CCc3cc(Cl)ccc3-n3cnnn3)C2)cc1. The van der Waals surface area contributed by atoms with Gasteiger partial charge < -0.3 is 10.1 Å². The molecule has 1 N–H and O–H groups in total. The van der Waals surface area contributed by atoms with Gasteiger partial charge in [0.05, 0.1) is 25.3 Å². The van der Waals surface area contributed by atoms with Crippen molar-refractivity contribution in [1.82, 2.24) is 25.5 Å². The molecule has 9 nitrogen and oxygen atoms in total. The largest absolute Gasteiger partial charge is 0.469 e. The number of esters is 1. The van der Waals surface area contributed by atoms with E-state index in [-0.39, 0.29) is 30.8 Å². The highest BCUT2D eigenvalue weighted by atomic mass is 35.5. The Kier molecular flexibility index (Phi) is 9.41. The number of amides is 1. The molecule has 11 heteroatoms. The van der Waals surface area contributed by atoms with E-state index in [0.29, 0.717) is 29.4 Å². The maximum atomic E-state index is 13.3. The van der Waals surface area contributed by atoms with E-state index in [1.54, 1.807) is 10.7 Å². The summed E-state index contributed by atoms with van der Waals surface area (Å²) in [7, 11) is 1.37. The van der Waals surface area contributed by atoms with E-state index in [0.717, 1.165) is 39.2 Å². The molecule has 5 rings (SSSR count). The predicted molar refractivity (Wildman–Crippen MR) is 162 cm³/mol. The van der Waals surface area contributed by atoms with Crippen LogP contribution >= 0.6 is 23.2 Å². The maximum absolute atomic E-state index is 13.3. The third kappa shape index (κ3) is 7.29. The lowest BCUT2D eigenvalue weighted by Gasteiger charge is -2.20. The van der Waals surface area contributed by atoms with Gasteiger partial charge in [0, 0.05) is 29.1 Å². The number of aliphatic imine (C=N–C) groups is 1. The van der Waals surface area contributed by atoms with Gasteiger partial charge in [-0.1, -0.05) is 77.8 Å². The number of hydrogen-bond acceptors (Lipinski definition) is 7. The molecule has 0 saturated carbocycles. The number of aromatic nitrogens is 4. The highest BCUT2D eigenvalue weighted by Gasteiger charge is 2.27. The van der Waals surface area contributed by atoms with E-state index in [1.165, 1.54) is 13.4 Å². The number of tetrazole rings is 1. The number of nitrogens with zero attached hydrogens (tertiary/aromatic N) is 5. The second-order valence-electron chi connectivity index (χ2n) is 9.84. The third-order valence-corrected chi connectivity index (χ3v) is 7.55. The van der Waals surface area contributed by atoms with E-state index in [4.69, 9.17) is 27.9 Å². The first-order valence-electron chi connectivity index (χ1n) is 13.4. The predicted octanol–water partition coefficient (Wildman–Crippen LogP) is 5.14. The number of halogens is 2. The molecule has 3 aromatic carbocycles. The van der Waals surface area contributed by atoms with Crippen LogP contribution in [0, 0.1) is 0 Å². The van der Waals surface area contributed by atoms with Crippen LogP contribution in [0.5, 0.6) is 0 Å². The molecule has 1 aliphatic rings. The van der Waals surface area contributed by atoms with Crippen molar-refractivity contribution < 1.29 is 14.3 Å². The van der Waals surface area contributed by atoms with Gasteiger partial charge in [-0.3, -0.25) is 9.59 Å². The normalized spacial score (nSPS) is 13.5. The van der Waals surface area contributed by atoms with Crippen molar-refractivity contribution in [2.24, 2.45) is 4.99 Å². The molecule has 1 atom stereocenters. The Labute approximate surface area is 253 Å². The number of hydrogen-bond donors (Lipinski definition) is 1. The van der Waals surface area contributed by atoms with Gasteiger partial charge in [0.25, 0.3) is 0 Å². The number of methoxy groups -OCH3 is 1. The third-order valence-electron chi connectivity index (χ3n) is 7.01. The fraction of sp³-hybridized carbons (Fsp3) is 0.226. The van der Waals surface area contributed by atoms with Gasteiger partial charge in [0.2, 0.25) is 5.91 Å². The number of nitrogens with one attached hydrogen (secondary N) is 1. The van der Waals surface area contributed by atoms with Crippen molar-refractivity contribution >= 4 is 46.4 Å². The molecule has 42 heavy (non-hydrogen) atoms. The second kappa shape index (κ2) is 13.5. The fourth-order valence-electron chi connectivity index (χ4n) is 4.84. The molecule has 4 aromatic rings. The van der Waals surface area contributed by atoms with E-state index in [1.807, 2.05) is 66.7 Å². The van der Waals surface area contributed by atoms with Gasteiger partial charge in [-0.2, -0.15) is 0 Å². The van der Waals surface area contributed by atoms with Gasteiger partial charge in [-0.15, -0.1) is 5.10 Å². The molecule has 0 spiro atoms. The highest BCUT2D eigenvalue weighted by molar-refractivity contribution is 6.35. The number of benzene rings is 3. The number of rotatable bonds is 11. The molecule has 1 aromatic heterocycles. The van der Waals surface area contributed by atoms with Crippen LogP contribution in [0.15, 0.2) is 89.3 Å². The van der Waals surface area contributed by atoms with Crippen LogP contribution in [0.2, 0.25) is 5.02 Å². The Morgan fingerprint density at radius 3 is 2.52 bits per heavy atom. The van der Waals surface area contributed by atoms with Crippen molar-refractivity contribution in [3.63, 3.8) is 0 Å². The van der Waals surface area contributed by atoms with Crippen LogP contribution in [-0.4, -0.2) is 50.9 Å². The van der Waals surface area contributed by atoms with E-state index in [2.05, 4.69) is 25.8 Å². The lowest BCUT2D eigenvalue weighted by atomic mass is 9.95. The lowest BCUT2D eigenvalue weighted by molar-refractivity contribution is -0.139. The molecule has 0 aliphatic carbocycles. The summed E-state index contributed by atoms with van der Waals surface area (Å²) in [6.07, 6.45) is 3.42. The summed E-state index contributed by atoms with van der Waals surface area (Å²) < 4.78 is 6.30. The van der Waals surface area contributed by atoms with Gasteiger partial charge in [0.1, 0.15) is 11.5 Å². The number of allylic oxidation sites excluding steroid dienone is 1. The number of aryl methyl sites for hydroxylation is 1. The smallest absolute Gasteiger partial charge is 0.309 e. The fourth-order valence-corrected chi connectivity index (χ4v) is 5.32. The summed E-state index contributed by atoms with van der Waals surface area (Å²) in [5, 5.41) is 15.5. The molecule has 0 fully saturated rings. The standard InChI is InChI=1S/C31H28Cl2N6O3/c1-42-30(41)16-21-7-9-22(10-8-21)25-18-27(36-31(25)33)26(15-20-5-3-2-4-6-20)35-29(40)14-11-23-17-24(32)12-13-28(23)39-19-34-37-38-39/h2-10,12-13,17,19,26H,11,14-16,18H2,1H3,(H,35,40)/t26-/m0/s1. The molecule has 1 aliphatic heterocycles. The number of carbonyl (C=O) groups excluding carboxylic acids is 2. The minimum absolute atomic E-state index is 0.127. The van der Waals surface area contributed by atoms with Crippen LogP contribution in [0.1, 0.15) is 35.1 Å². The number of carbonyl (C=O) groups is 2. The van der Waals surface area contributed by atoms with Crippen LogP contribution in [-0.2, 0) is 33.6 Å². The molecular weight excluding hydrogens is 575 g/mol. The minimum Gasteiger partial charge on any atom is -0.469 e. The van der Waals surface area contributed by atoms with Crippen molar-refractivity contribution in [2.45, 2.75) is 38.1 Å². The van der Waals surface area contributed by atoms with Crippen molar-refractivity contribution in [2.75, 3.05) is 7.11 Å². The first-order valence-corrected chi connectivity index (χ1v) is 14.1. The highest BCUT2D eigenvalue weighted by Crippen LogP contribution is 2.33. The van der Waals surface area contributed by atoms with Crippen LogP contribution < -0.4 is 5.32 Å². The molecule has 0 saturated heterocycles. The van der Waals surface area contributed by atoms with E-state index in [9.17, 15) is 9.59 Å². The van der Waals surface area contributed by atoms with E-state index < -0.39 is 0 Å². The monoisotopic (exact) mass is 602 g/mol. The zero-order chi connectivity index (χ0) is 29.5. The Morgan fingerprint density at radius 1 is 1.02 bits per heavy atom. The van der Waals surface area contributed by atoms with Crippen molar-refractivity contribution in [3.05, 3.63) is 112 Å². The lowest BCUT2D eigenvalue weighted by Crippen LogP contribution is -2.42. The topological polar surface area (TPSA) is 111 Å². The van der Waals surface area contributed by atoms with Gasteiger partial charge in [-0.25, -0.2) is 9.67 Å². The van der Waals surface area contributed by atoms with Crippen LogP contribution in [0.4, 0.5) is 0 Å².